The molecule has 0 saturated heterocycles. The number of pyridine rings is 1. The van der Waals surface area contributed by atoms with Crippen molar-refractivity contribution in [1.29, 1.82) is 0 Å². The van der Waals surface area contributed by atoms with E-state index >= 15 is 0 Å². The summed E-state index contributed by atoms with van der Waals surface area (Å²) in [6, 6.07) is 62.0. The average Bonchev–Trinajstić information content (AvgIpc) is 3.60. The van der Waals surface area contributed by atoms with Crippen LogP contribution in [0.25, 0.3) is 95.0 Å². The number of nitrogens with zero attached hydrogens (tertiary/aromatic N) is 5. The second-order valence-electron chi connectivity index (χ2n) is 14.6. The van der Waals surface area contributed by atoms with Gasteiger partial charge in [-0.1, -0.05) is 157 Å². The van der Waals surface area contributed by atoms with Crippen LogP contribution in [0, 0.1) is 13.8 Å². The second-order valence-corrected chi connectivity index (χ2v) is 14.6. The normalized spacial score (nSPS) is 11.3. The summed E-state index contributed by atoms with van der Waals surface area (Å²) in [5.41, 5.74) is 15.1. The highest BCUT2D eigenvalue weighted by molar-refractivity contribution is 6.11. The Morgan fingerprint density at radius 2 is 0.842 bits per heavy atom. The van der Waals surface area contributed by atoms with Crippen molar-refractivity contribution < 1.29 is 0 Å². The topological polar surface area (TPSA) is 56.5 Å². The minimum atomic E-state index is 0.593. The van der Waals surface area contributed by atoms with Gasteiger partial charge in [0.2, 0.25) is 0 Å². The number of hydrogen-bond acceptors (Lipinski definition) is 4. The molecule has 0 amide bonds. The second kappa shape index (κ2) is 14.3. The number of aryl methyl sites for hydroxylation is 2. The van der Waals surface area contributed by atoms with Crippen molar-refractivity contribution in [3.05, 3.63) is 199 Å². The van der Waals surface area contributed by atoms with Gasteiger partial charge in [-0.3, -0.25) is 4.98 Å². The Hall–Kier alpha value is -7.50. The SMILES string of the molecule is Cc1cccc(-c2ccc3c4ccc(-c5cccc(C)c5)cc4n(-c4cc(-c5cccnc5)ccc4-c4nc(-c5ccccc5)nc(-c5ccccc5)n4)c3c2)c1. The number of rotatable bonds is 7. The lowest BCUT2D eigenvalue weighted by Crippen LogP contribution is -2.04. The van der Waals surface area contributed by atoms with Gasteiger partial charge < -0.3 is 4.57 Å². The minimum Gasteiger partial charge on any atom is -0.308 e. The average molecular weight is 732 g/mol. The Bertz CT molecular complexity index is 2920. The van der Waals surface area contributed by atoms with Gasteiger partial charge in [0, 0.05) is 45.4 Å². The summed E-state index contributed by atoms with van der Waals surface area (Å²) in [5.74, 6) is 1.83. The largest absolute Gasteiger partial charge is 0.308 e. The Morgan fingerprint density at radius 3 is 1.37 bits per heavy atom. The lowest BCUT2D eigenvalue weighted by atomic mass is 10.0. The fraction of sp³-hybridized carbons (Fsp3) is 0.0385. The number of aromatic nitrogens is 5. The van der Waals surface area contributed by atoms with E-state index in [1.165, 1.54) is 33.0 Å². The van der Waals surface area contributed by atoms with Crippen molar-refractivity contribution in [2.45, 2.75) is 13.8 Å². The molecule has 10 aromatic rings. The minimum absolute atomic E-state index is 0.593. The summed E-state index contributed by atoms with van der Waals surface area (Å²) in [5, 5.41) is 2.33. The predicted molar refractivity (Wildman–Crippen MR) is 234 cm³/mol. The van der Waals surface area contributed by atoms with E-state index < -0.39 is 0 Å². The third-order valence-electron chi connectivity index (χ3n) is 10.6. The lowest BCUT2D eigenvalue weighted by Gasteiger charge is -2.17. The van der Waals surface area contributed by atoms with Gasteiger partial charge in [-0.2, -0.15) is 0 Å². The van der Waals surface area contributed by atoms with E-state index in [0.717, 1.165) is 55.7 Å². The molecule has 0 saturated carbocycles. The molecule has 0 radical (unpaired) electrons. The molecule has 0 aliphatic heterocycles. The van der Waals surface area contributed by atoms with Crippen LogP contribution in [0.2, 0.25) is 0 Å². The van der Waals surface area contributed by atoms with E-state index in [1.54, 1.807) is 0 Å². The van der Waals surface area contributed by atoms with E-state index in [9.17, 15) is 0 Å². The van der Waals surface area contributed by atoms with Crippen LogP contribution in [0.15, 0.2) is 188 Å². The molecular formula is C52H37N5. The standard InChI is InChI=1S/C52H37N5/c1-34-12-9-18-38(28-34)40-21-24-44-45-25-22-41(39-19-10-13-35(2)29-39)31-48(45)57(47(44)30-40)49-32-42(43-20-11-27-53-33-43)23-26-46(49)52-55-50(36-14-5-3-6-15-36)54-51(56-52)37-16-7-4-8-17-37/h3-33H,1-2H3. The van der Waals surface area contributed by atoms with Crippen molar-refractivity contribution in [1.82, 2.24) is 24.5 Å². The first-order valence-corrected chi connectivity index (χ1v) is 19.2. The smallest absolute Gasteiger partial charge is 0.166 e. The number of fused-ring (bicyclic) bond motifs is 3. The van der Waals surface area contributed by atoms with Gasteiger partial charge in [-0.05, 0) is 72.0 Å². The Labute approximate surface area is 331 Å². The van der Waals surface area contributed by atoms with Crippen LogP contribution in [-0.4, -0.2) is 24.5 Å². The summed E-state index contributed by atoms with van der Waals surface area (Å²) in [4.78, 5) is 20.0. The van der Waals surface area contributed by atoms with Gasteiger partial charge in [0.25, 0.3) is 0 Å². The van der Waals surface area contributed by atoms with Gasteiger partial charge in [0.1, 0.15) is 0 Å². The molecule has 57 heavy (non-hydrogen) atoms. The Kier molecular flexibility index (Phi) is 8.53. The van der Waals surface area contributed by atoms with Crippen LogP contribution in [0.4, 0.5) is 0 Å². The van der Waals surface area contributed by atoms with E-state index in [-0.39, 0.29) is 0 Å². The molecule has 5 nitrogen and oxygen atoms in total. The Balaban J connectivity index is 1.31. The van der Waals surface area contributed by atoms with E-state index in [2.05, 4.69) is 133 Å². The summed E-state index contributed by atoms with van der Waals surface area (Å²) < 4.78 is 2.41. The quantitative estimate of drug-likeness (QED) is 0.164. The highest BCUT2D eigenvalue weighted by atomic mass is 15.1. The fourth-order valence-electron chi connectivity index (χ4n) is 7.83. The molecular weight excluding hydrogens is 695 g/mol. The van der Waals surface area contributed by atoms with Crippen LogP contribution < -0.4 is 0 Å². The first-order valence-electron chi connectivity index (χ1n) is 19.2. The van der Waals surface area contributed by atoms with Crippen LogP contribution in [0.5, 0.6) is 0 Å². The zero-order valence-corrected chi connectivity index (χ0v) is 31.6. The van der Waals surface area contributed by atoms with Crippen LogP contribution in [-0.2, 0) is 0 Å². The summed E-state index contributed by atoms with van der Waals surface area (Å²) in [6.45, 7) is 4.29. The zero-order valence-electron chi connectivity index (χ0n) is 31.6. The molecule has 0 aliphatic carbocycles. The highest BCUT2D eigenvalue weighted by Crippen LogP contribution is 2.41. The number of benzene rings is 7. The van der Waals surface area contributed by atoms with Crippen LogP contribution in [0.3, 0.4) is 0 Å². The molecule has 3 heterocycles. The first kappa shape index (κ1) is 34.0. The fourth-order valence-corrected chi connectivity index (χ4v) is 7.83. The zero-order chi connectivity index (χ0) is 38.3. The molecule has 0 N–H and O–H groups in total. The Morgan fingerprint density at radius 1 is 0.368 bits per heavy atom. The van der Waals surface area contributed by atoms with Gasteiger partial charge in [0.05, 0.1) is 16.7 Å². The molecule has 5 heteroatoms. The molecule has 3 aromatic heterocycles. The summed E-state index contributed by atoms with van der Waals surface area (Å²) >= 11 is 0. The highest BCUT2D eigenvalue weighted by Gasteiger charge is 2.21. The molecule has 10 rings (SSSR count). The van der Waals surface area contributed by atoms with Gasteiger partial charge in [-0.15, -0.1) is 0 Å². The third-order valence-corrected chi connectivity index (χ3v) is 10.6. The molecule has 270 valence electrons. The van der Waals surface area contributed by atoms with Crippen molar-refractivity contribution in [3.8, 4) is 73.2 Å². The van der Waals surface area contributed by atoms with E-state index in [0.29, 0.717) is 17.5 Å². The maximum atomic E-state index is 5.23. The maximum Gasteiger partial charge on any atom is 0.166 e. The van der Waals surface area contributed by atoms with Crippen LogP contribution >= 0.6 is 0 Å². The maximum absolute atomic E-state index is 5.23. The van der Waals surface area contributed by atoms with Crippen molar-refractivity contribution in [2.24, 2.45) is 0 Å². The lowest BCUT2D eigenvalue weighted by molar-refractivity contribution is 1.06. The van der Waals surface area contributed by atoms with E-state index in [1.807, 2.05) is 79.1 Å². The molecule has 0 spiro atoms. The molecule has 0 atom stereocenters. The van der Waals surface area contributed by atoms with Gasteiger partial charge in [-0.25, -0.2) is 15.0 Å². The molecule has 0 unspecified atom stereocenters. The van der Waals surface area contributed by atoms with Crippen molar-refractivity contribution >= 4 is 21.8 Å². The third kappa shape index (κ3) is 6.45. The van der Waals surface area contributed by atoms with Crippen molar-refractivity contribution in [2.75, 3.05) is 0 Å². The molecule has 0 fully saturated rings. The van der Waals surface area contributed by atoms with E-state index in [4.69, 9.17) is 15.0 Å². The monoisotopic (exact) mass is 731 g/mol. The summed E-state index contributed by atoms with van der Waals surface area (Å²) in [6.07, 6.45) is 3.73. The molecule has 0 bridgehead atoms. The van der Waals surface area contributed by atoms with Gasteiger partial charge in [0.15, 0.2) is 17.5 Å². The van der Waals surface area contributed by atoms with Gasteiger partial charge >= 0.3 is 0 Å². The predicted octanol–water partition coefficient (Wildman–Crippen LogP) is 13.0. The number of hydrogen-bond donors (Lipinski definition) is 0. The van der Waals surface area contributed by atoms with Crippen LogP contribution in [0.1, 0.15) is 11.1 Å². The van der Waals surface area contributed by atoms with Crippen molar-refractivity contribution in [3.63, 3.8) is 0 Å². The first-order chi connectivity index (χ1) is 28.1. The summed E-state index contributed by atoms with van der Waals surface area (Å²) in [7, 11) is 0. The molecule has 0 aliphatic rings. The molecule has 7 aromatic carbocycles.